The van der Waals surface area contributed by atoms with Crippen LogP contribution >= 0.6 is 27.3 Å². The Balaban J connectivity index is 1.58. The largest absolute Gasteiger partial charge is 0.452 e. The number of ether oxygens (including phenoxy) is 1. The number of halogens is 1. The number of rotatable bonds is 4. The zero-order valence-corrected chi connectivity index (χ0v) is 14.1. The Labute approximate surface area is 143 Å². The number of anilines is 1. The van der Waals surface area contributed by atoms with Crippen LogP contribution in [-0.2, 0) is 9.53 Å². The van der Waals surface area contributed by atoms with Crippen LogP contribution in [0.4, 0.5) is 5.13 Å². The predicted molar refractivity (Wildman–Crippen MR) is 90.5 cm³/mol. The van der Waals surface area contributed by atoms with E-state index in [4.69, 9.17) is 4.74 Å². The minimum atomic E-state index is -0.613. The van der Waals surface area contributed by atoms with Crippen molar-refractivity contribution in [1.29, 1.82) is 0 Å². The molecule has 1 aromatic carbocycles. The van der Waals surface area contributed by atoms with E-state index < -0.39 is 11.9 Å². The van der Waals surface area contributed by atoms with Gasteiger partial charge in [0.25, 0.3) is 5.91 Å². The first-order chi connectivity index (χ1) is 11.1. The van der Waals surface area contributed by atoms with Gasteiger partial charge < -0.3 is 4.74 Å². The van der Waals surface area contributed by atoms with Gasteiger partial charge in [-0.15, -0.1) is 0 Å². The molecule has 8 heteroatoms. The highest BCUT2D eigenvalue weighted by Gasteiger charge is 2.12. The van der Waals surface area contributed by atoms with Crippen LogP contribution in [0.25, 0.3) is 10.2 Å². The van der Waals surface area contributed by atoms with Crippen LogP contribution in [0.15, 0.2) is 47.2 Å². The first-order valence-electron chi connectivity index (χ1n) is 6.55. The van der Waals surface area contributed by atoms with Gasteiger partial charge in [0.05, 0.1) is 15.8 Å². The van der Waals surface area contributed by atoms with E-state index in [1.165, 1.54) is 17.5 Å². The summed E-state index contributed by atoms with van der Waals surface area (Å²) in [6.07, 6.45) is 2.93. The second-order valence-electron chi connectivity index (χ2n) is 4.50. The number of nitrogens with zero attached hydrogens (tertiary/aromatic N) is 2. The van der Waals surface area contributed by atoms with Gasteiger partial charge in [0, 0.05) is 16.9 Å². The maximum absolute atomic E-state index is 11.8. The van der Waals surface area contributed by atoms with Gasteiger partial charge in [-0.1, -0.05) is 23.5 Å². The van der Waals surface area contributed by atoms with Crippen LogP contribution in [0.2, 0.25) is 0 Å². The molecule has 1 N–H and O–H groups in total. The van der Waals surface area contributed by atoms with Crippen molar-refractivity contribution in [3.63, 3.8) is 0 Å². The second kappa shape index (κ2) is 6.84. The molecule has 0 unspecified atom stereocenters. The number of aromatic nitrogens is 2. The summed E-state index contributed by atoms with van der Waals surface area (Å²) in [4.78, 5) is 31.8. The molecule has 0 radical (unpaired) electrons. The summed E-state index contributed by atoms with van der Waals surface area (Å²) < 4.78 is 6.59. The number of pyridine rings is 1. The minimum absolute atomic E-state index is 0.271. The van der Waals surface area contributed by atoms with Crippen molar-refractivity contribution in [3.8, 4) is 0 Å². The molecule has 0 saturated heterocycles. The Kier molecular flexibility index (Phi) is 4.63. The van der Waals surface area contributed by atoms with Crippen LogP contribution in [-0.4, -0.2) is 28.5 Å². The molecule has 1 amide bonds. The van der Waals surface area contributed by atoms with Crippen molar-refractivity contribution in [2.45, 2.75) is 0 Å². The molecule has 23 heavy (non-hydrogen) atoms. The quantitative estimate of drug-likeness (QED) is 0.690. The molecular formula is C15H10BrN3O3S. The first-order valence-corrected chi connectivity index (χ1v) is 8.16. The molecule has 3 aromatic rings. The zero-order valence-electron chi connectivity index (χ0n) is 11.7. The molecule has 3 rings (SSSR count). The van der Waals surface area contributed by atoms with Gasteiger partial charge in [0.2, 0.25) is 0 Å². The standard InChI is InChI=1S/C15H10BrN3O3S/c16-10-5-9(6-17-7-10)14(21)22-8-13(20)19-15-18-11-3-1-2-4-12(11)23-15/h1-7H,8H2,(H,18,19,20). The summed E-state index contributed by atoms with van der Waals surface area (Å²) in [5.74, 6) is -1.06. The molecule has 0 bridgehead atoms. The maximum atomic E-state index is 11.8. The second-order valence-corrected chi connectivity index (χ2v) is 6.45. The van der Waals surface area contributed by atoms with Gasteiger partial charge in [-0.3, -0.25) is 15.1 Å². The molecule has 0 spiro atoms. The van der Waals surface area contributed by atoms with E-state index in [-0.39, 0.29) is 12.2 Å². The summed E-state index contributed by atoms with van der Waals surface area (Å²) in [5, 5.41) is 3.08. The summed E-state index contributed by atoms with van der Waals surface area (Å²) in [5.41, 5.74) is 1.08. The van der Waals surface area contributed by atoms with Crippen LogP contribution in [0.3, 0.4) is 0 Å². The van der Waals surface area contributed by atoms with Crippen molar-refractivity contribution < 1.29 is 14.3 Å². The lowest BCUT2D eigenvalue weighted by molar-refractivity contribution is -0.119. The highest BCUT2D eigenvalue weighted by atomic mass is 79.9. The summed E-state index contributed by atoms with van der Waals surface area (Å²) in [7, 11) is 0. The molecule has 0 fully saturated rings. The molecule has 0 atom stereocenters. The maximum Gasteiger partial charge on any atom is 0.340 e. The zero-order chi connectivity index (χ0) is 16.2. The number of para-hydroxylation sites is 1. The lowest BCUT2D eigenvalue weighted by Gasteiger charge is -2.04. The van der Waals surface area contributed by atoms with Crippen LogP contribution in [0, 0.1) is 0 Å². The SMILES string of the molecule is O=C(COC(=O)c1cncc(Br)c1)Nc1nc2ccccc2s1. The fraction of sp³-hybridized carbons (Fsp3) is 0.0667. The Morgan fingerprint density at radius 1 is 1.26 bits per heavy atom. The number of hydrogen-bond donors (Lipinski definition) is 1. The molecule has 2 aromatic heterocycles. The third kappa shape index (κ3) is 3.91. The number of amides is 1. The van der Waals surface area contributed by atoms with Crippen molar-refractivity contribution in [3.05, 3.63) is 52.8 Å². The third-order valence-corrected chi connectivity index (χ3v) is 4.20. The number of esters is 1. The normalized spacial score (nSPS) is 10.5. The Hall–Kier alpha value is -2.32. The molecule has 0 saturated carbocycles. The molecule has 2 heterocycles. The first kappa shape index (κ1) is 15.6. The lowest BCUT2D eigenvalue weighted by Crippen LogP contribution is -2.20. The summed E-state index contributed by atoms with van der Waals surface area (Å²) in [6.45, 7) is -0.388. The Bertz CT molecular complexity index is 848. The van der Waals surface area contributed by atoms with E-state index in [1.807, 2.05) is 24.3 Å². The molecule has 116 valence electrons. The van der Waals surface area contributed by atoms with E-state index in [0.717, 1.165) is 10.2 Å². The van der Waals surface area contributed by atoms with Crippen LogP contribution in [0.1, 0.15) is 10.4 Å². The van der Waals surface area contributed by atoms with Gasteiger partial charge in [-0.2, -0.15) is 0 Å². The van der Waals surface area contributed by atoms with E-state index in [9.17, 15) is 9.59 Å². The number of carbonyl (C=O) groups excluding carboxylic acids is 2. The predicted octanol–water partition coefficient (Wildman–Crippen LogP) is 3.25. The Morgan fingerprint density at radius 2 is 2.09 bits per heavy atom. The fourth-order valence-corrected chi connectivity index (χ4v) is 3.07. The van der Waals surface area contributed by atoms with Gasteiger partial charge in [0.1, 0.15) is 0 Å². The fourth-order valence-electron chi connectivity index (χ4n) is 1.82. The van der Waals surface area contributed by atoms with Crippen molar-refractivity contribution in [2.24, 2.45) is 0 Å². The van der Waals surface area contributed by atoms with E-state index in [1.54, 1.807) is 12.3 Å². The third-order valence-electron chi connectivity index (χ3n) is 2.82. The molecule has 0 aliphatic rings. The Morgan fingerprint density at radius 3 is 2.87 bits per heavy atom. The van der Waals surface area contributed by atoms with E-state index in [0.29, 0.717) is 9.60 Å². The van der Waals surface area contributed by atoms with Crippen LogP contribution in [0.5, 0.6) is 0 Å². The topological polar surface area (TPSA) is 81.2 Å². The van der Waals surface area contributed by atoms with Gasteiger partial charge in [-0.05, 0) is 34.1 Å². The monoisotopic (exact) mass is 391 g/mol. The van der Waals surface area contributed by atoms with Crippen LogP contribution < -0.4 is 5.32 Å². The number of benzene rings is 1. The van der Waals surface area contributed by atoms with Gasteiger partial charge in [0.15, 0.2) is 11.7 Å². The van der Waals surface area contributed by atoms with E-state index in [2.05, 4.69) is 31.2 Å². The molecule has 0 aliphatic carbocycles. The number of thiazole rings is 1. The highest BCUT2D eigenvalue weighted by Crippen LogP contribution is 2.25. The number of fused-ring (bicyclic) bond motifs is 1. The highest BCUT2D eigenvalue weighted by molar-refractivity contribution is 9.10. The molecule has 6 nitrogen and oxygen atoms in total. The lowest BCUT2D eigenvalue weighted by atomic mass is 10.3. The average molecular weight is 392 g/mol. The minimum Gasteiger partial charge on any atom is -0.452 e. The van der Waals surface area contributed by atoms with Crippen molar-refractivity contribution in [1.82, 2.24) is 9.97 Å². The molecular weight excluding hydrogens is 382 g/mol. The number of nitrogens with one attached hydrogen (secondary N) is 1. The smallest absolute Gasteiger partial charge is 0.340 e. The van der Waals surface area contributed by atoms with Gasteiger partial charge in [-0.25, -0.2) is 9.78 Å². The van der Waals surface area contributed by atoms with Gasteiger partial charge >= 0.3 is 5.97 Å². The summed E-state index contributed by atoms with van der Waals surface area (Å²) >= 11 is 4.57. The molecule has 0 aliphatic heterocycles. The van der Waals surface area contributed by atoms with E-state index >= 15 is 0 Å². The van der Waals surface area contributed by atoms with Crippen molar-refractivity contribution in [2.75, 3.05) is 11.9 Å². The number of carbonyl (C=O) groups is 2. The number of hydrogen-bond acceptors (Lipinski definition) is 6. The average Bonchev–Trinajstić information content (AvgIpc) is 2.94. The summed E-state index contributed by atoms with van der Waals surface area (Å²) in [6, 6.07) is 9.13. The van der Waals surface area contributed by atoms with Crippen molar-refractivity contribution >= 4 is 54.5 Å².